The summed E-state index contributed by atoms with van der Waals surface area (Å²) in [4.78, 5) is 0. The monoisotopic (exact) mass is 291 g/mol. The van der Waals surface area contributed by atoms with Crippen LogP contribution in [-0.2, 0) is 10.0 Å². The van der Waals surface area contributed by atoms with Crippen molar-refractivity contribution in [2.45, 2.75) is 13.8 Å². The van der Waals surface area contributed by atoms with Gasteiger partial charge in [0.15, 0.2) is 0 Å². The maximum atomic E-state index is 13.7. The molecule has 0 aliphatic carbocycles. The van der Waals surface area contributed by atoms with Crippen LogP contribution in [0.5, 0.6) is 0 Å². The number of benzene rings is 1. The van der Waals surface area contributed by atoms with E-state index in [1.165, 1.54) is 16.4 Å². The Balaban J connectivity index is 3.02. The molecule has 6 heteroatoms. The third kappa shape index (κ3) is 3.88. The molecule has 0 atom stereocenters. The quantitative estimate of drug-likeness (QED) is 0.725. The molecule has 0 fully saturated rings. The van der Waals surface area contributed by atoms with E-state index in [-0.39, 0.29) is 11.4 Å². The van der Waals surface area contributed by atoms with Gasteiger partial charge >= 0.3 is 0 Å². The first-order chi connectivity index (χ1) is 8.53. The summed E-state index contributed by atoms with van der Waals surface area (Å²) in [5.74, 6) is 1.04. The van der Waals surface area contributed by atoms with Crippen LogP contribution in [0.1, 0.15) is 13.8 Å². The molecule has 0 N–H and O–H groups in total. The van der Waals surface area contributed by atoms with Crippen LogP contribution in [0.15, 0.2) is 24.3 Å². The highest BCUT2D eigenvalue weighted by Gasteiger charge is 2.22. The Morgan fingerprint density at radius 3 is 2.50 bits per heavy atom. The Morgan fingerprint density at radius 1 is 1.28 bits per heavy atom. The fourth-order valence-corrected chi connectivity index (χ4v) is 3.36. The van der Waals surface area contributed by atoms with Crippen LogP contribution in [0, 0.1) is 5.82 Å². The van der Waals surface area contributed by atoms with E-state index in [4.69, 9.17) is 0 Å². The molecule has 0 aliphatic rings. The van der Waals surface area contributed by atoms with Gasteiger partial charge in [0.2, 0.25) is 10.0 Å². The Kier molecular flexibility index (Phi) is 5.95. The number of hydrogen-bond acceptors (Lipinski definition) is 3. The number of anilines is 1. The predicted molar refractivity (Wildman–Crippen MR) is 76.2 cm³/mol. The van der Waals surface area contributed by atoms with E-state index in [2.05, 4.69) is 0 Å². The second-order valence-corrected chi connectivity index (χ2v) is 7.20. The summed E-state index contributed by atoms with van der Waals surface area (Å²) in [6, 6.07) is 5.97. The van der Waals surface area contributed by atoms with Gasteiger partial charge in [-0.25, -0.2) is 12.8 Å². The molecule has 0 unspecified atom stereocenters. The first kappa shape index (κ1) is 15.3. The molecule has 1 aromatic carbocycles. The molecule has 0 spiro atoms. The topological polar surface area (TPSA) is 37.4 Å². The lowest BCUT2D eigenvalue weighted by atomic mass is 10.3. The highest BCUT2D eigenvalue weighted by atomic mass is 32.2. The Morgan fingerprint density at radius 2 is 1.94 bits per heavy atom. The van der Waals surface area contributed by atoms with E-state index in [1.807, 2.05) is 6.92 Å². The van der Waals surface area contributed by atoms with Crippen LogP contribution in [0.25, 0.3) is 0 Å². The second kappa shape index (κ2) is 6.99. The highest BCUT2D eigenvalue weighted by molar-refractivity contribution is 7.99. The highest BCUT2D eigenvalue weighted by Crippen LogP contribution is 2.22. The van der Waals surface area contributed by atoms with Crippen molar-refractivity contribution in [1.82, 2.24) is 0 Å². The summed E-state index contributed by atoms with van der Waals surface area (Å²) < 4.78 is 38.9. The average Bonchev–Trinajstić information content (AvgIpc) is 2.36. The van der Waals surface area contributed by atoms with Gasteiger partial charge in [-0.1, -0.05) is 19.1 Å². The molecule has 0 amide bonds. The zero-order valence-electron chi connectivity index (χ0n) is 10.6. The van der Waals surface area contributed by atoms with Crippen LogP contribution >= 0.6 is 11.8 Å². The molecule has 0 saturated heterocycles. The third-order valence-electron chi connectivity index (χ3n) is 2.46. The van der Waals surface area contributed by atoms with Crippen LogP contribution in [-0.4, -0.2) is 32.2 Å². The fourth-order valence-electron chi connectivity index (χ4n) is 1.51. The van der Waals surface area contributed by atoms with Gasteiger partial charge in [0, 0.05) is 12.3 Å². The molecule has 1 rings (SSSR count). The minimum absolute atomic E-state index is 0.0296. The van der Waals surface area contributed by atoms with E-state index in [1.54, 1.807) is 30.8 Å². The van der Waals surface area contributed by atoms with E-state index in [0.29, 0.717) is 12.3 Å². The standard InChI is InChI=1S/C12H18FNO2S2/c1-3-17-10-9-14(18(15,16)4-2)12-8-6-5-7-11(12)13/h5-8H,3-4,9-10H2,1-2H3. The summed E-state index contributed by atoms with van der Waals surface area (Å²) in [5, 5.41) is 0. The van der Waals surface area contributed by atoms with Gasteiger partial charge in [0.1, 0.15) is 5.82 Å². The summed E-state index contributed by atoms with van der Waals surface area (Å²) >= 11 is 1.63. The Bertz CT molecular complexity index is 477. The SMILES string of the molecule is CCSCCN(c1ccccc1F)S(=O)(=O)CC. The lowest BCUT2D eigenvalue weighted by Crippen LogP contribution is -2.35. The lowest BCUT2D eigenvalue weighted by molar-refractivity contribution is 0.587. The summed E-state index contributed by atoms with van der Waals surface area (Å²) in [6.45, 7) is 3.87. The molecule has 0 radical (unpaired) electrons. The maximum absolute atomic E-state index is 13.7. The third-order valence-corrected chi connectivity index (χ3v) is 5.12. The van der Waals surface area contributed by atoms with Gasteiger partial charge in [-0.3, -0.25) is 4.31 Å². The molecule has 3 nitrogen and oxygen atoms in total. The average molecular weight is 291 g/mol. The van der Waals surface area contributed by atoms with Crippen LogP contribution in [0.3, 0.4) is 0 Å². The first-order valence-corrected chi connectivity index (χ1v) is 8.62. The molecule has 1 aromatic rings. The van der Waals surface area contributed by atoms with Crippen LogP contribution < -0.4 is 4.31 Å². The lowest BCUT2D eigenvalue weighted by Gasteiger charge is -2.24. The molecular formula is C12H18FNO2S2. The van der Waals surface area contributed by atoms with Crippen molar-refractivity contribution in [3.8, 4) is 0 Å². The number of nitrogens with zero attached hydrogens (tertiary/aromatic N) is 1. The molecule has 0 aromatic heterocycles. The van der Waals surface area contributed by atoms with Crippen LogP contribution in [0.2, 0.25) is 0 Å². The fraction of sp³-hybridized carbons (Fsp3) is 0.500. The second-order valence-electron chi connectivity index (χ2n) is 3.62. The minimum Gasteiger partial charge on any atom is -0.266 e. The van der Waals surface area contributed by atoms with Gasteiger partial charge in [-0.2, -0.15) is 11.8 Å². The van der Waals surface area contributed by atoms with E-state index >= 15 is 0 Å². The number of thioether (sulfide) groups is 1. The molecule has 0 bridgehead atoms. The van der Waals surface area contributed by atoms with Crippen molar-refractivity contribution < 1.29 is 12.8 Å². The van der Waals surface area contributed by atoms with Crippen LogP contribution in [0.4, 0.5) is 10.1 Å². The Labute approximate surface area is 112 Å². The number of hydrogen-bond donors (Lipinski definition) is 0. The van der Waals surface area contributed by atoms with Gasteiger partial charge in [0.25, 0.3) is 0 Å². The molecule has 18 heavy (non-hydrogen) atoms. The zero-order valence-corrected chi connectivity index (χ0v) is 12.2. The number of sulfonamides is 1. The molecule has 102 valence electrons. The summed E-state index contributed by atoms with van der Waals surface area (Å²) in [6.07, 6.45) is 0. The zero-order chi connectivity index (χ0) is 13.6. The largest absolute Gasteiger partial charge is 0.266 e. The van der Waals surface area contributed by atoms with Crippen molar-refractivity contribution in [3.63, 3.8) is 0 Å². The predicted octanol–water partition coefficient (Wildman–Crippen LogP) is 2.73. The summed E-state index contributed by atoms with van der Waals surface area (Å²) in [7, 11) is -3.44. The van der Waals surface area contributed by atoms with Crippen molar-refractivity contribution in [1.29, 1.82) is 0 Å². The number of para-hydroxylation sites is 1. The summed E-state index contributed by atoms with van der Waals surface area (Å²) in [5.41, 5.74) is 0.135. The maximum Gasteiger partial charge on any atom is 0.234 e. The number of halogens is 1. The van der Waals surface area contributed by atoms with Crippen molar-refractivity contribution in [2.24, 2.45) is 0 Å². The molecule has 0 saturated carbocycles. The minimum atomic E-state index is -3.44. The molecule has 0 aliphatic heterocycles. The van der Waals surface area contributed by atoms with Gasteiger partial charge in [-0.15, -0.1) is 0 Å². The van der Waals surface area contributed by atoms with Gasteiger partial charge in [-0.05, 0) is 24.8 Å². The van der Waals surface area contributed by atoms with Gasteiger partial charge < -0.3 is 0 Å². The number of rotatable bonds is 7. The van der Waals surface area contributed by atoms with Crippen molar-refractivity contribution in [3.05, 3.63) is 30.1 Å². The first-order valence-electron chi connectivity index (χ1n) is 5.85. The smallest absolute Gasteiger partial charge is 0.234 e. The molecule has 0 heterocycles. The molecular weight excluding hydrogens is 273 g/mol. The van der Waals surface area contributed by atoms with Gasteiger partial charge in [0.05, 0.1) is 11.4 Å². The van der Waals surface area contributed by atoms with E-state index in [0.717, 1.165) is 5.75 Å². The van der Waals surface area contributed by atoms with Crippen molar-refractivity contribution in [2.75, 3.05) is 28.1 Å². The Hall–Kier alpha value is -0.750. The van der Waals surface area contributed by atoms with E-state index < -0.39 is 15.8 Å². The normalized spacial score (nSPS) is 11.5. The van der Waals surface area contributed by atoms with Crippen molar-refractivity contribution >= 4 is 27.5 Å². The van der Waals surface area contributed by atoms with E-state index in [9.17, 15) is 12.8 Å².